The molecule has 138 valence electrons. The summed E-state index contributed by atoms with van der Waals surface area (Å²) in [6.45, 7) is 1.31. The summed E-state index contributed by atoms with van der Waals surface area (Å²) in [6, 6.07) is 0.199. The van der Waals surface area contributed by atoms with Crippen LogP contribution in [0.25, 0.3) is 0 Å². The van der Waals surface area contributed by atoms with Crippen molar-refractivity contribution in [2.75, 3.05) is 38.6 Å². The minimum atomic E-state index is -3.45. The van der Waals surface area contributed by atoms with Crippen LogP contribution in [0, 0.1) is 0 Å². The summed E-state index contributed by atoms with van der Waals surface area (Å²) < 4.78 is 30.7. The highest BCUT2D eigenvalue weighted by Gasteiger charge is 2.25. The number of hydrogen-bond acceptors (Lipinski definition) is 5. The van der Waals surface area contributed by atoms with Crippen molar-refractivity contribution in [2.24, 2.45) is 0 Å². The average molecular weight is 361 g/mol. The third-order valence-corrected chi connectivity index (χ3v) is 6.24. The molecule has 2 N–H and O–H groups in total. The lowest BCUT2D eigenvalue weighted by Gasteiger charge is -2.25. The highest BCUT2D eigenvalue weighted by Crippen LogP contribution is 2.17. The first kappa shape index (κ1) is 19.1. The second-order valence-corrected chi connectivity index (χ2v) is 8.35. The third kappa shape index (κ3) is 6.37. The van der Waals surface area contributed by atoms with Gasteiger partial charge >= 0.3 is 0 Å². The van der Waals surface area contributed by atoms with Crippen LogP contribution in [-0.2, 0) is 24.3 Å². The molecule has 1 aliphatic heterocycles. The van der Waals surface area contributed by atoms with Crippen LogP contribution in [0.1, 0.15) is 38.5 Å². The van der Waals surface area contributed by atoms with E-state index in [0.717, 1.165) is 25.7 Å². The number of nitrogens with zero attached hydrogens (tertiary/aromatic N) is 1. The summed E-state index contributed by atoms with van der Waals surface area (Å²) in [4.78, 5) is 23.6. The molecule has 24 heavy (non-hydrogen) atoms. The minimum absolute atomic E-state index is 0.104. The molecule has 1 saturated heterocycles. The van der Waals surface area contributed by atoms with Crippen molar-refractivity contribution in [3.8, 4) is 0 Å². The van der Waals surface area contributed by atoms with E-state index < -0.39 is 15.9 Å². The Morgan fingerprint density at radius 1 is 1.04 bits per heavy atom. The van der Waals surface area contributed by atoms with Crippen molar-refractivity contribution < 1.29 is 22.7 Å². The Hall–Kier alpha value is -1.19. The molecular formula is C15H27N3O5S. The lowest BCUT2D eigenvalue weighted by atomic mass is 9.95. The Kier molecular flexibility index (Phi) is 7.44. The molecule has 8 nitrogen and oxygen atoms in total. The minimum Gasteiger partial charge on any atom is -0.379 e. The van der Waals surface area contributed by atoms with Crippen LogP contribution in [0.15, 0.2) is 0 Å². The molecular weight excluding hydrogens is 334 g/mol. The average Bonchev–Trinajstić information content (AvgIpc) is 2.60. The van der Waals surface area contributed by atoms with Gasteiger partial charge in [0.2, 0.25) is 21.8 Å². The van der Waals surface area contributed by atoms with Crippen LogP contribution in [0.2, 0.25) is 0 Å². The summed E-state index contributed by atoms with van der Waals surface area (Å²) in [5, 5.41) is 5.39. The zero-order valence-corrected chi connectivity index (χ0v) is 14.8. The maximum absolute atomic E-state index is 12.1. The third-order valence-electron chi connectivity index (χ3n) is 4.37. The van der Waals surface area contributed by atoms with Gasteiger partial charge in [-0.1, -0.05) is 19.3 Å². The quantitative estimate of drug-likeness (QED) is 0.642. The molecule has 2 amide bonds. The number of nitrogens with one attached hydrogen (secondary N) is 2. The molecule has 0 aromatic carbocycles. The van der Waals surface area contributed by atoms with Crippen molar-refractivity contribution in [2.45, 2.75) is 44.6 Å². The van der Waals surface area contributed by atoms with Crippen molar-refractivity contribution in [3.05, 3.63) is 0 Å². The molecule has 1 saturated carbocycles. The number of ether oxygens (including phenoxy) is 1. The molecule has 0 radical (unpaired) electrons. The first-order chi connectivity index (χ1) is 11.5. The van der Waals surface area contributed by atoms with Gasteiger partial charge in [0.1, 0.15) is 0 Å². The van der Waals surface area contributed by atoms with E-state index in [1.54, 1.807) is 0 Å². The largest absolute Gasteiger partial charge is 0.379 e. The van der Waals surface area contributed by atoms with Crippen LogP contribution >= 0.6 is 0 Å². The van der Waals surface area contributed by atoms with E-state index in [1.165, 1.54) is 10.7 Å². The predicted molar refractivity (Wildman–Crippen MR) is 88.8 cm³/mol. The van der Waals surface area contributed by atoms with Gasteiger partial charge in [-0.3, -0.25) is 9.59 Å². The molecule has 0 bridgehead atoms. The number of sulfonamides is 1. The van der Waals surface area contributed by atoms with E-state index in [2.05, 4.69) is 10.6 Å². The van der Waals surface area contributed by atoms with Gasteiger partial charge in [-0.05, 0) is 12.8 Å². The van der Waals surface area contributed by atoms with Gasteiger partial charge in [-0.15, -0.1) is 0 Å². The lowest BCUT2D eigenvalue weighted by molar-refractivity contribution is -0.126. The molecule has 1 heterocycles. The normalized spacial score (nSPS) is 20.5. The SMILES string of the molecule is O=C(CCS(=O)(=O)N1CCOCC1)NCC(=O)NC1CCCCC1. The first-order valence-electron chi connectivity index (χ1n) is 8.59. The van der Waals surface area contributed by atoms with Gasteiger partial charge < -0.3 is 15.4 Å². The van der Waals surface area contributed by atoms with Gasteiger partial charge in [0.25, 0.3) is 0 Å². The number of morpholine rings is 1. The Morgan fingerprint density at radius 2 is 1.71 bits per heavy atom. The van der Waals surface area contributed by atoms with E-state index in [-0.39, 0.29) is 30.7 Å². The number of rotatable bonds is 7. The molecule has 2 aliphatic rings. The predicted octanol–water partition coefficient (Wildman–Crippen LogP) is -0.396. The maximum Gasteiger partial charge on any atom is 0.239 e. The van der Waals surface area contributed by atoms with Crippen molar-refractivity contribution in [3.63, 3.8) is 0 Å². The summed E-state index contributed by atoms with van der Waals surface area (Å²) in [5.41, 5.74) is 0. The van der Waals surface area contributed by atoms with Gasteiger partial charge in [-0.25, -0.2) is 8.42 Å². The number of carbonyl (C=O) groups excluding carboxylic acids is 2. The van der Waals surface area contributed by atoms with Gasteiger partial charge in [0.15, 0.2) is 0 Å². The van der Waals surface area contributed by atoms with Crippen molar-refractivity contribution in [1.29, 1.82) is 0 Å². The smallest absolute Gasteiger partial charge is 0.239 e. The van der Waals surface area contributed by atoms with Crippen LogP contribution in [0.3, 0.4) is 0 Å². The van der Waals surface area contributed by atoms with Gasteiger partial charge in [-0.2, -0.15) is 4.31 Å². The number of carbonyl (C=O) groups is 2. The lowest BCUT2D eigenvalue weighted by Crippen LogP contribution is -2.44. The molecule has 2 fully saturated rings. The number of hydrogen-bond donors (Lipinski definition) is 2. The van der Waals surface area contributed by atoms with Crippen LogP contribution in [0.4, 0.5) is 0 Å². The Morgan fingerprint density at radius 3 is 2.38 bits per heavy atom. The van der Waals surface area contributed by atoms with Gasteiger partial charge in [0.05, 0.1) is 25.5 Å². The standard InChI is InChI=1S/C15H27N3O5S/c19-14(6-11-24(21,22)18-7-9-23-10-8-18)16-12-15(20)17-13-4-2-1-3-5-13/h13H,1-12H2,(H,16,19)(H,17,20). The summed E-state index contributed by atoms with van der Waals surface area (Å²) in [6.07, 6.45) is 5.28. The molecule has 1 aliphatic carbocycles. The topological polar surface area (TPSA) is 105 Å². The van der Waals surface area contributed by atoms with E-state index in [9.17, 15) is 18.0 Å². The first-order valence-corrected chi connectivity index (χ1v) is 10.2. The van der Waals surface area contributed by atoms with Gasteiger partial charge in [0, 0.05) is 25.6 Å². The van der Waals surface area contributed by atoms with Crippen LogP contribution in [-0.4, -0.2) is 69.2 Å². The fourth-order valence-corrected chi connectivity index (χ4v) is 4.38. The Balaban J connectivity index is 1.64. The van der Waals surface area contributed by atoms with E-state index in [1.807, 2.05) is 0 Å². The van der Waals surface area contributed by atoms with Crippen molar-refractivity contribution in [1.82, 2.24) is 14.9 Å². The maximum atomic E-state index is 12.1. The van der Waals surface area contributed by atoms with E-state index in [4.69, 9.17) is 4.74 Å². The van der Waals surface area contributed by atoms with Crippen molar-refractivity contribution >= 4 is 21.8 Å². The summed E-state index contributed by atoms with van der Waals surface area (Å²) in [7, 11) is -3.45. The van der Waals surface area contributed by atoms with E-state index in [0.29, 0.717) is 26.3 Å². The molecule has 2 rings (SSSR count). The summed E-state index contributed by atoms with van der Waals surface area (Å²) >= 11 is 0. The number of amides is 2. The molecule has 0 aromatic rings. The Bertz CT molecular complexity index is 525. The zero-order chi connectivity index (χ0) is 17.4. The summed E-state index contributed by atoms with van der Waals surface area (Å²) in [5.74, 6) is -0.889. The second kappa shape index (κ2) is 9.33. The Labute approximate surface area is 143 Å². The molecule has 0 spiro atoms. The second-order valence-electron chi connectivity index (χ2n) is 6.26. The van der Waals surface area contributed by atoms with Crippen LogP contribution < -0.4 is 10.6 Å². The fraction of sp³-hybridized carbons (Fsp3) is 0.867. The highest BCUT2D eigenvalue weighted by atomic mass is 32.2. The molecule has 9 heteroatoms. The van der Waals surface area contributed by atoms with Crippen LogP contribution in [0.5, 0.6) is 0 Å². The van der Waals surface area contributed by atoms with E-state index >= 15 is 0 Å². The monoisotopic (exact) mass is 361 g/mol. The fourth-order valence-electron chi connectivity index (χ4n) is 2.97. The molecule has 0 atom stereocenters. The molecule has 0 unspecified atom stereocenters. The highest BCUT2D eigenvalue weighted by molar-refractivity contribution is 7.89. The molecule has 0 aromatic heterocycles. The zero-order valence-electron chi connectivity index (χ0n) is 14.0.